The van der Waals surface area contributed by atoms with Crippen LogP contribution in [0.5, 0.6) is 0 Å². The molecular formula is C13H20O. The molecule has 14 heavy (non-hydrogen) atoms. The fourth-order valence-electron chi connectivity index (χ4n) is 1.84. The summed E-state index contributed by atoms with van der Waals surface area (Å²) < 4.78 is 0. The van der Waals surface area contributed by atoms with Gasteiger partial charge in [0, 0.05) is 0 Å². The number of rotatable bonds is 4. The molecule has 0 aromatic heterocycles. The molecule has 1 aromatic rings. The molecule has 0 aliphatic rings. The Labute approximate surface area is 86.8 Å². The third-order valence-corrected chi connectivity index (χ3v) is 2.71. The van der Waals surface area contributed by atoms with Crippen LogP contribution >= 0.6 is 0 Å². The molecule has 78 valence electrons. The normalized spacial score (nSPS) is 12.9. The molecule has 0 fully saturated rings. The maximum Gasteiger partial charge on any atom is 0.0580 e. The minimum absolute atomic E-state index is 0.181. The first kappa shape index (κ1) is 11.3. The van der Waals surface area contributed by atoms with Crippen molar-refractivity contribution in [3.8, 4) is 0 Å². The molecule has 0 spiro atoms. The van der Waals surface area contributed by atoms with Crippen LogP contribution in [0.25, 0.3) is 0 Å². The van der Waals surface area contributed by atoms with E-state index < -0.39 is 0 Å². The molecule has 0 amide bonds. The molecular weight excluding hydrogens is 172 g/mol. The third-order valence-electron chi connectivity index (χ3n) is 2.71. The smallest absolute Gasteiger partial charge is 0.0580 e. The molecule has 1 unspecified atom stereocenters. The molecule has 0 saturated heterocycles. The Morgan fingerprint density at radius 1 is 1.21 bits per heavy atom. The van der Waals surface area contributed by atoms with Crippen LogP contribution in [0.2, 0.25) is 0 Å². The van der Waals surface area contributed by atoms with Gasteiger partial charge in [-0.1, -0.05) is 31.5 Å². The fourth-order valence-corrected chi connectivity index (χ4v) is 1.84. The summed E-state index contributed by atoms with van der Waals surface area (Å²) in [4.78, 5) is 0. The number of aliphatic hydroxyl groups excluding tert-OH is 1. The van der Waals surface area contributed by atoms with Gasteiger partial charge in [0.15, 0.2) is 0 Å². The van der Waals surface area contributed by atoms with Crippen molar-refractivity contribution < 1.29 is 5.11 Å². The zero-order valence-corrected chi connectivity index (χ0v) is 9.38. The first-order valence-corrected chi connectivity index (χ1v) is 5.38. The highest BCUT2D eigenvalue weighted by Gasteiger charge is 2.08. The van der Waals surface area contributed by atoms with Crippen LogP contribution in [-0.4, -0.2) is 11.2 Å². The number of aryl methyl sites for hydroxylation is 2. The Bertz CT molecular complexity index is 271. The molecule has 0 heterocycles. The van der Waals surface area contributed by atoms with Gasteiger partial charge in [0.1, 0.15) is 0 Å². The predicted octanol–water partition coefficient (Wildman–Crippen LogP) is 3.01. The van der Waals surface area contributed by atoms with Gasteiger partial charge in [-0.3, -0.25) is 0 Å². The molecule has 0 bridgehead atoms. The second-order valence-corrected chi connectivity index (χ2v) is 4.02. The molecule has 1 N–H and O–H groups in total. The van der Waals surface area contributed by atoms with Crippen molar-refractivity contribution >= 4 is 0 Å². The van der Waals surface area contributed by atoms with Crippen molar-refractivity contribution in [3.63, 3.8) is 0 Å². The third kappa shape index (κ3) is 2.85. The maximum absolute atomic E-state index is 9.75. The summed E-state index contributed by atoms with van der Waals surface area (Å²) in [6, 6.07) is 6.29. The van der Waals surface area contributed by atoms with Crippen LogP contribution < -0.4 is 0 Å². The second-order valence-electron chi connectivity index (χ2n) is 4.02. The number of hydrogen-bond donors (Lipinski definition) is 1. The Balaban J connectivity index is 2.75. The largest absolute Gasteiger partial charge is 0.393 e. The van der Waals surface area contributed by atoms with E-state index in [2.05, 4.69) is 39.0 Å². The lowest BCUT2D eigenvalue weighted by Crippen LogP contribution is -2.11. The zero-order valence-electron chi connectivity index (χ0n) is 9.38. The summed E-state index contributed by atoms with van der Waals surface area (Å²) in [5, 5.41) is 9.75. The van der Waals surface area contributed by atoms with Crippen LogP contribution in [0.4, 0.5) is 0 Å². The Hall–Kier alpha value is -0.820. The number of hydrogen-bond acceptors (Lipinski definition) is 1. The van der Waals surface area contributed by atoms with Crippen LogP contribution in [0.3, 0.4) is 0 Å². The average Bonchev–Trinajstić information content (AvgIpc) is 2.12. The lowest BCUT2D eigenvalue weighted by Gasteiger charge is -2.13. The second kappa shape index (κ2) is 5.16. The zero-order chi connectivity index (χ0) is 10.6. The first-order valence-electron chi connectivity index (χ1n) is 5.38. The van der Waals surface area contributed by atoms with Crippen molar-refractivity contribution in [2.75, 3.05) is 0 Å². The van der Waals surface area contributed by atoms with Gasteiger partial charge in [0.25, 0.3) is 0 Å². The van der Waals surface area contributed by atoms with Gasteiger partial charge >= 0.3 is 0 Å². The van der Waals surface area contributed by atoms with E-state index >= 15 is 0 Å². The molecule has 0 aliphatic heterocycles. The summed E-state index contributed by atoms with van der Waals surface area (Å²) >= 11 is 0. The van der Waals surface area contributed by atoms with Crippen LogP contribution in [0.1, 0.15) is 36.5 Å². The van der Waals surface area contributed by atoms with E-state index in [9.17, 15) is 5.11 Å². The summed E-state index contributed by atoms with van der Waals surface area (Å²) in [5.41, 5.74) is 3.90. The highest BCUT2D eigenvalue weighted by molar-refractivity contribution is 5.33. The van der Waals surface area contributed by atoms with Gasteiger partial charge in [-0.05, 0) is 43.4 Å². The van der Waals surface area contributed by atoms with Crippen molar-refractivity contribution in [3.05, 3.63) is 34.9 Å². The highest BCUT2D eigenvalue weighted by Crippen LogP contribution is 2.16. The van der Waals surface area contributed by atoms with E-state index in [-0.39, 0.29) is 6.10 Å². The molecule has 1 nitrogen and oxygen atoms in total. The quantitative estimate of drug-likeness (QED) is 0.777. The topological polar surface area (TPSA) is 20.2 Å². The lowest BCUT2D eigenvalue weighted by molar-refractivity contribution is 0.163. The van der Waals surface area contributed by atoms with E-state index in [4.69, 9.17) is 0 Å². The monoisotopic (exact) mass is 192 g/mol. The fraction of sp³-hybridized carbons (Fsp3) is 0.538. The first-order chi connectivity index (χ1) is 6.65. The SMILES string of the molecule is CCCC(O)Cc1c(C)cccc1C. The number of benzene rings is 1. The minimum atomic E-state index is -0.181. The van der Waals surface area contributed by atoms with Crippen LogP contribution in [0, 0.1) is 13.8 Å². The molecule has 1 aromatic carbocycles. The molecule has 0 aliphatic carbocycles. The number of aliphatic hydroxyl groups is 1. The molecule has 1 heteroatoms. The van der Waals surface area contributed by atoms with Gasteiger partial charge in [0.2, 0.25) is 0 Å². The maximum atomic E-state index is 9.75. The molecule has 0 radical (unpaired) electrons. The van der Waals surface area contributed by atoms with E-state index in [1.165, 1.54) is 16.7 Å². The van der Waals surface area contributed by atoms with E-state index in [0.717, 1.165) is 19.3 Å². The van der Waals surface area contributed by atoms with Crippen molar-refractivity contribution in [2.45, 2.75) is 46.1 Å². The van der Waals surface area contributed by atoms with Gasteiger partial charge < -0.3 is 5.11 Å². The van der Waals surface area contributed by atoms with Crippen LogP contribution in [0.15, 0.2) is 18.2 Å². The van der Waals surface area contributed by atoms with Gasteiger partial charge in [0.05, 0.1) is 6.10 Å². The highest BCUT2D eigenvalue weighted by atomic mass is 16.3. The van der Waals surface area contributed by atoms with Crippen LogP contribution in [-0.2, 0) is 6.42 Å². The van der Waals surface area contributed by atoms with E-state index in [1.807, 2.05) is 0 Å². The van der Waals surface area contributed by atoms with Gasteiger partial charge in [-0.15, -0.1) is 0 Å². The summed E-state index contributed by atoms with van der Waals surface area (Å²) in [7, 11) is 0. The van der Waals surface area contributed by atoms with Crippen molar-refractivity contribution in [1.82, 2.24) is 0 Å². The summed E-state index contributed by atoms with van der Waals surface area (Å²) in [6.07, 6.45) is 2.56. The van der Waals surface area contributed by atoms with Crippen molar-refractivity contribution in [1.29, 1.82) is 0 Å². The minimum Gasteiger partial charge on any atom is -0.393 e. The molecule has 1 atom stereocenters. The standard InChI is InChI=1S/C13H20O/c1-4-6-12(14)9-13-10(2)7-5-8-11(13)3/h5,7-8,12,14H,4,6,9H2,1-3H3. The Morgan fingerprint density at radius 2 is 1.79 bits per heavy atom. The van der Waals surface area contributed by atoms with Crippen molar-refractivity contribution in [2.24, 2.45) is 0 Å². The average molecular weight is 192 g/mol. The summed E-state index contributed by atoms with van der Waals surface area (Å²) in [6.45, 7) is 6.33. The van der Waals surface area contributed by atoms with E-state index in [0.29, 0.717) is 0 Å². The Kier molecular flexibility index (Phi) is 4.15. The molecule has 1 rings (SSSR count). The van der Waals surface area contributed by atoms with E-state index in [1.54, 1.807) is 0 Å². The lowest BCUT2D eigenvalue weighted by atomic mass is 9.96. The Morgan fingerprint density at radius 3 is 2.29 bits per heavy atom. The molecule has 0 saturated carbocycles. The predicted molar refractivity (Wildman–Crippen MR) is 60.5 cm³/mol. The summed E-state index contributed by atoms with van der Waals surface area (Å²) in [5.74, 6) is 0. The van der Waals surface area contributed by atoms with Gasteiger partial charge in [-0.25, -0.2) is 0 Å². The van der Waals surface area contributed by atoms with Gasteiger partial charge in [-0.2, -0.15) is 0 Å².